The third-order valence-electron chi connectivity index (χ3n) is 1.27. The zero-order chi connectivity index (χ0) is 8.27. The van der Waals surface area contributed by atoms with E-state index in [1.165, 1.54) is 0 Å². The van der Waals surface area contributed by atoms with Crippen LogP contribution in [0.3, 0.4) is 0 Å². The van der Waals surface area contributed by atoms with Crippen LogP contribution in [0.25, 0.3) is 0 Å². The van der Waals surface area contributed by atoms with E-state index in [0.717, 1.165) is 0 Å². The summed E-state index contributed by atoms with van der Waals surface area (Å²) in [5.74, 6) is -0.314. The molecular weight excluding hydrogens is 208 g/mol. The van der Waals surface area contributed by atoms with Gasteiger partial charge in [0.15, 0.2) is 5.01 Å². The molecular formula is C8H7BrO2. The van der Waals surface area contributed by atoms with E-state index in [1.807, 2.05) is 6.07 Å². The number of rotatable bonds is 2. The van der Waals surface area contributed by atoms with Crippen LogP contribution in [0.4, 0.5) is 0 Å². The molecule has 1 aromatic carbocycles. The normalized spacial score (nSPS) is 12.5. The van der Waals surface area contributed by atoms with Gasteiger partial charge >= 0.3 is 0 Å². The molecule has 0 aliphatic heterocycles. The van der Waals surface area contributed by atoms with Crippen molar-refractivity contribution in [3.8, 4) is 0 Å². The van der Waals surface area contributed by atoms with Crippen molar-refractivity contribution >= 4 is 21.7 Å². The van der Waals surface area contributed by atoms with Crippen LogP contribution in [0.1, 0.15) is 10.4 Å². The summed E-state index contributed by atoms with van der Waals surface area (Å²) in [7, 11) is 0. The molecule has 0 saturated heterocycles. The van der Waals surface area contributed by atoms with Gasteiger partial charge in [0, 0.05) is 5.56 Å². The molecule has 0 aliphatic carbocycles. The molecule has 0 fully saturated rings. The summed E-state index contributed by atoms with van der Waals surface area (Å²) in [6.45, 7) is 0. The minimum absolute atomic E-state index is 0.314. The third-order valence-corrected chi connectivity index (χ3v) is 1.69. The first-order valence-electron chi connectivity index (χ1n) is 3.13. The van der Waals surface area contributed by atoms with Gasteiger partial charge in [0.05, 0.1) is 0 Å². The number of aliphatic hydroxyl groups is 1. The molecule has 58 valence electrons. The number of aliphatic hydroxyl groups excluding tert-OH is 1. The maximum atomic E-state index is 11.0. The minimum atomic E-state index is -1.09. The highest BCUT2D eigenvalue weighted by molar-refractivity contribution is 9.09. The number of alkyl halides is 1. The SMILES string of the molecule is O=C(c1ccccc1)[C@@H](O)Br. The Morgan fingerprint density at radius 3 is 2.36 bits per heavy atom. The monoisotopic (exact) mass is 214 g/mol. The van der Waals surface area contributed by atoms with E-state index >= 15 is 0 Å². The maximum absolute atomic E-state index is 11.0. The summed E-state index contributed by atoms with van der Waals surface area (Å²) < 4.78 is 0. The van der Waals surface area contributed by atoms with Gasteiger partial charge in [-0.1, -0.05) is 30.3 Å². The molecule has 0 unspecified atom stereocenters. The second kappa shape index (κ2) is 3.64. The van der Waals surface area contributed by atoms with Gasteiger partial charge in [-0.3, -0.25) is 4.79 Å². The number of hydrogen-bond donors (Lipinski definition) is 1. The molecule has 0 amide bonds. The number of ketones is 1. The van der Waals surface area contributed by atoms with Gasteiger partial charge in [0.1, 0.15) is 0 Å². The summed E-state index contributed by atoms with van der Waals surface area (Å²) in [4.78, 5) is 11.0. The number of hydrogen-bond acceptors (Lipinski definition) is 2. The lowest BCUT2D eigenvalue weighted by atomic mass is 10.1. The standard InChI is InChI=1S/C8H7BrO2/c9-8(11)7(10)6-4-2-1-3-5-6/h1-5,8,11H/t8-/m1/s1. The largest absolute Gasteiger partial charge is 0.374 e. The molecule has 3 heteroatoms. The number of halogens is 1. The van der Waals surface area contributed by atoms with Crippen LogP contribution >= 0.6 is 15.9 Å². The summed E-state index contributed by atoms with van der Waals surface area (Å²) in [6.07, 6.45) is 0. The summed E-state index contributed by atoms with van der Waals surface area (Å²) in [5.41, 5.74) is 0.511. The van der Waals surface area contributed by atoms with Crippen LogP contribution in [-0.4, -0.2) is 15.9 Å². The van der Waals surface area contributed by atoms with Crippen molar-refractivity contribution in [2.75, 3.05) is 0 Å². The van der Waals surface area contributed by atoms with Crippen molar-refractivity contribution in [2.24, 2.45) is 0 Å². The fraction of sp³-hybridized carbons (Fsp3) is 0.125. The predicted molar refractivity (Wildman–Crippen MR) is 45.7 cm³/mol. The molecule has 0 bridgehead atoms. The lowest BCUT2D eigenvalue weighted by molar-refractivity contribution is 0.0875. The first kappa shape index (κ1) is 8.43. The van der Waals surface area contributed by atoms with E-state index in [0.29, 0.717) is 5.56 Å². The molecule has 0 saturated carbocycles. The van der Waals surface area contributed by atoms with Crippen LogP contribution in [0.2, 0.25) is 0 Å². The van der Waals surface area contributed by atoms with Crippen molar-refractivity contribution in [1.82, 2.24) is 0 Å². The Labute approximate surface area is 73.0 Å². The smallest absolute Gasteiger partial charge is 0.202 e. The molecule has 2 nitrogen and oxygen atoms in total. The van der Waals surface area contributed by atoms with Gasteiger partial charge in [-0.2, -0.15) is 0 Å². The molecule has 1 atom stereocenters. The average molecular weight is 215 g/mol. The number of carbonyl (C=O) groups excluding carboxylic acids is 1. The molecule has 11 heavy (non-hydrogen) atoms. The van der Waals surface area contributed by atoms with E-state index in [-0.39, 0.29) is 5.78 Å². The Morgan fingerprint density at radius 2 is 1.91 bits per heavy atom. The third kappa shape index (κ3) is 2.13. The quantitative estimate of drug-likeness (QED) is 0.600. The fourth-order valence-electron chi connectivity index (χ4n) is 0.740. The molecule has 1 aromatic rings. The number of benzene rings is 1. The Kier molecular flexibility index (Phi) is 2.79. The Bertz CT molecular complexity index is 244. The van der Waals surface area contributed by atoms with Crippen LogP contribution in [0.15, 0.2) is 30.3 Å². The molecule has 0 spiro atoms. The molecule has 0 heterocycles. The molecule has 0 radical (unpaired) electrons. The summed E-state index contributed by atoms with van der Waals surface area (Å²) >= 11 is 2.78. The zero-order valence-corrected chi connectivity index (χ0v) is 7.28. The van der Waals surface area contributed by atoms with Gasteiger partial charge in [-0.05, 0) is 15.9 Å². The number of carbonyl (C=O) groups is 1. The van der Waals surface area contributed by atoms with Crippen LogP contribution in [-0.2, 0) is 0 Å². The van der Waals surface area contributed by atoms with E-state index in [1.54, 1.807) is 24.3 Å². The van der Waals surface area contributed by atoms with E-state index in [4.69, 9.17) is 5.11 Å². The van der Waals surface area contributed by atoms with Crippen molar-refractivity contribution in [3.05, 3.63) is 35.9 Å². The topological polar surface area (TPSA) is 37.3 Å². The molecule has 1 rings (SSSR count). The number of Topliss-reactive ketones (excluding diaryl/α,β-unsaturated/α-hetero) is 1. The van der Waals surface area contributed by atoms with Crippen molar-refractivity contribution in [3.63, 3.8) is 0 Å². The molecule has 0 aromatic heterocycles. The van der Waals surface area contributed by atoms with Crippen LogP contribution in [0, 0.1) is 0 Å². The summed E-state index contributed by atoms with van der Waals surface area (Å²) in [5, 5.41) is 7.75. The fourth-order valence-corrected chi connectivity index (χ4v) is 1.00. The maximum Gasteiger partial charge on any atom is 0.202 e. The van der Waals surface area contributed by atoms with Crippen LogP contribution < -0.4 is 0 Å². The first-order valence-corrected chi connectivity index (χ1v) is 4.05. The Hall–Kier alpha value is -0.670. The minimum Gasteiger partial charge on any atom is -0.374 e. The van der Waals surface area contributed by atoms with Gasteiger partial charge in [0.2, 0.25) is 5.78 Å². The van der Waals surface area contributed by atoms with Crippen molar-refractivity contribution < 1.29 is 9.90 Å². The Balaban J connectivity index is 2.86. The van der Waals surface area contributed by atoms with Gasteiger partial charge < -0.3 is 5.11 Å². The highest BCUT2D eigenvalue weighted by Crippen LogP contribution is 2.06. The lowest BCUT2D eigenvalue weighted by Crippen LogP contribution is -2.12. The average Bonchev–Trinajstić information content (AvgIpc) is 2.05. The molecule has 0 aliphatic rings. The van der Waals surface area contributed by atoms with E-state index in [2.05, 4.69) is 15.9 Å². The summed E-state index contributed by atoms with van der Waals surface area (Å²) in [6, 6.07) is 8.64. The van der Waals surface area contributed by atoms with E-state index in [9.17, 15) is 4.79 Å². The van der Waals surface area contributed by atoms with E-state index < -0.39 is 5.01 Å². The first-order chi connectivity index (χ1) is 5.22. The Morgan fingerprint density at radius 1 is 1.36 bits per heavy atom. The van der Waals surface area contributed by atoms with Gasteiger partial charge in [-0.25, -0.2) is 0 Å². The zero-order valence-electron chi connectivity index (χ0n) is 5.70. The highest BCUT2D eigenvalue weighted by atomic mass is 79.9. The molecule has 1 N–H and O–H groups in total. The predicted octanol–water partition coefficient (Wildman–Crippen LogP) is 1.58. The lowest BCUT2D eigenvalue weighted by Gasteiger charge is -1.99. The second-order valence-corrected chi connectivity index (χ2v) is 2.93. The van der Waals surface area contributed by atoms with Crippen molar-refractivity contribution in [1.29, 1.82) is 0 Å². The highest BCUT2D eigenvalue weighted by Gasteiger charge is 2.11. The van der Waals surface area contributed by atoms with Crippen molar-refractivity contribution in [2.45, 2.75) is 5.01 Å². The second-order valence-electron chi connectivity index (χ2n) is 2.07. The van der Waals surface area contributed by atoms with Crippen LogP contribution in [0.5, 0.6) is 0 Å². The van der Waals surface area contributed by atoms with Gasteiger partial charge in [0.25, 0.3) is 0 Å². The van der Waals surface area contributed by atoms with Gasteiger partial charge in [-0.15, -0.1) is 0 Å².